The van der Waals surface area contributed by atoms with Crippen LogP contribution in [0.15, 0.2) is 29.3 Å². The summed E-state index contributed by atoms with van der Waals surface area (Å²) in [7, 11) is 4.03. The van der Waals surface area contributed by atoms with Gasteiger partial charge in [0.1, 0.15) is 0 Å². The van der Waals surface area contributed by atoms with E-state index in [1.54, 1.807) is 0 Å². The molecule has 0 amide bonds. The van der Waals surface area contributed by atoms with Crippen LogP contribution in [-0.4, -0.2) is 61.6 Å². The Morgan fingerprint density at radius 3 is 2.74 bits per heavy atom. The van der Waals surface area contributed by atoms with E-state index in [2.05, 4.69) is 63.7 Å². The summed E-state index contributed by atoms with van der Waals surface area (Å²) in [5, 5.41) is 7.13. The zero-order valence-electron chi connectivity index (χ0n) is 17.4. The number of nitrogens with zero attached hydrogens (tertiary/aromatic N) is 3. The molecule has 0 aromatic heterocycles. The molecule has 0 spiro atoms. The van der Waals surface area contributed by atoms with Crippen molar-refractivity contribution in [1.82, 2.24) is 20.4 Å². The minimum absolute atomic E-state index is 0.515. The summed E-state index contributed by atoms with van der Waals surface area (Å²) in [6.45, 7) is 7.45. The van der Waals surface area contributed by atoms with Crippen molar-refractivity contribution in [3.63, 3.8) is 0 Å². The van der Waals surface area contributed by atoms with Gasteiger partial charge in [0.15, 0.2) is 5.96 Å². The summed E-state index contributed by atoms with van der Waals surface area (Å²) < 4.78 is 0. The molecule has 2 aliphatic rings. The fourth-order valence-corrected chi connectivity index (χ4v) is 4.34. The highest BCUT2D eigenvalue weighted by Crippen LogP contribution is 2.26. The van der Waals surface area contributed by atoms with E-state index in [4.69, 9.17) is 0 Å². The van der Waals surface area contributed by atoms with Crippen molar-refractivity contribution in [2.24, 2.45) is 4.99 Å². The van der Waals surface area contributed by atoms with Gasteiger partial charge in [-0.05, 0) is 44.0 Å². The molecule has 150 valence electrons. The number of hydrogen-bond donors (Lipinski definition) is 2. The highest BCUT2D eigenvalue weighted by Gasteiger charge is 2.30. The normalized spacial score (nSPS) is 21.9. The van der Waals surface area contributed by atoms with Crippen molar-refractivity contribution in [3.8, 4) is 0 Å². The highest BCUT2D eigenvalue weighted by atomic mass is 15.3. The molecule has 1 aromatic carbocycles. The lowest BCUT2D eigenvalue weighted by Gasteiger charge is -2.24. The standard InChI is InChI=1S/C22H37N5/c1-4-26(3)16-19-9-7-8-18(14-19)15-24-22(23-2)25-20-12-13-27(17-20)21-10-5-6-11-21/h7-9,14,20-21H,4-6,10-13,15-17H2,1-3H3,(H2,23,24,25). The smallest absolute Gasteiger partial charge is 0.191 e. The van der Waals surface area contributed by atoms with Crippen molar-refractivity contribution in [2.75, 3.05) is 33.7 Å². The Balaban J connectivity index is 1.46. The molecular formula is C22H37N5. The summed E-state index contributed by atoms with van der Waals surface area (Å²) >= 11 is 0. The summed E-state index contributed by atoms with van der Waals surface area (Å²) in [5.74, 6) is 0.921. The van der Waals surface area contributed by atoms with Gasteiger partial charge < -0.3 is 15.5 Å². The van der Waals surface area contributed by atoms with Gasteiger partial charge in [0.05, 0.1) is 0 Å². The van der Waals surface area contributed by atoms with Crippen LogP contribution in [0.4, 0.5) is 0 Å². The fourth-order valence-electron chi connectivity index (χ4n) is 4.34. The second kappa shape index (κ2) is 10.1. The predicted octanol–water partition coefficient (Wildman–Crippen LogP) is 2.82. The number of likely N-dealkylation sites (tertiary alicyclic amines) is 1. The van der Waals surface area contributed by atoms with Gasteiger partial charge in [0, 0.05) is 45.3 Å². The molecule has 2 fully saturated rings. The average molecular weight is 372 g/mol. The van der Waals surface area contributed by atoms with E-state index in [9.17, 15) is 0 Å². The highest BCUT2D eigenvalue weighted by molar-refractivity contribution is 5.80. The first-order valence-corrected chi connectivity index (χ1v) is 10.7. The van der Waals surface area contributed by atoms with Crippen molar-refractivity contribution in [1.29, 1.82) is 0 Å². The van der Waals surface area contributed by atoms with E-state index in [-0.39, 0.29) is 0 Å². The Hall–Kier alpha value is -1.59. The molecule has 1 atom stereocenters. The number of benzene rings is 1. The molecule has 1 aliphatic heterocycles. The van der Waals surface area contributed by atoms with Gasteiger partial charge in [-0.15, -0.1) is 0 Å². The Morgan fingerprint density at radius 2 is 2.00 bits per heavy atom. The van der Waals surface area contributed by atoms with Gasteiger partial charge in [-0.2, -0.15) is 0 Å². The maximum Gasteiger partial charge on any atom is 0.191 e. The number of aliphatic imine (C=N–C) groups is 1. The number of hydrogen-bond acceptors (Lipinski definition) is 3. The van der Waals surface area contributed by atoms with E-state index in [1.165, 1.54) is 49.8 Å². The second-order valence-electron chi connectivity index (χ2n) is 8.14. The molecule has 1 aliphatic carbocycles. The zero-order chi connectivity index (χ0) is 19.1. The zero-order valence-corrected chi connectivity index (χ0v) is 17.4. The first-order valence-electron chi connectivity index (χ1n) is 10.7. The molecule has 0 radical (unpaired) electrons. The largest absolute Gasteiger partial charge is 0.352 e. The Kier molecular flexibility index (Phi) is 7.53. The van der Waals surface area contributed by atoms with E-state index in [1.807, 2.05) is 7.05 Å². The molecule has 5 nitrogen and oxygen atoms in total. The minimum atomic E-state index is 0.515. The Morgan fingerprint density at radius 1 is 1.22 bits per heavy atom. The number of nitrogens with one attached hydrogen (secondary N) is 2. The lowest BCUT2D eigenvalue weighted by Crippen LogP contribution is -2.45. The van der Waals surface area contributed by atoms with Crippen LogP contribution in [0.25, 0.3) is 0 Å². The van der Waals surface area contributed by atoms with Crippen molar-refractivity contribution < 1.29 is 0 Å². The van der Waals surface area contributed by atoms with Gasteiger partial charge in [-0.1, -0.05) is 44.0 Å². The number of rotatable bonds is 7. The topological polar surface area (TPSA) is 42.9 Å². The molecule has 1 saturated carbocycles. The van der Waals surface area contributed by atoms with Crippen LogP contribution in [0, 0.1) is 0 Å². The lowest BCUT2D eigenvalue weighted by molar-refractivity contribution is 0.242. The van der Waals surface area contributed by atoms with Gasteiger partial charge in [0.2, 0.25) is 0 Å². The quantitative estimate of drug-likeness (QED) is 0.571. The Bertz CT molecular complexity index is 608. The first-order chi connectivity index (χ1) is 13.2. The van der Waals surface area contributed by atoms with Crippen molar-refractivity contribution in [2.45, 2.75) is 64.2 Å². The second-order valence-corrected chi connectivity index (χ2v) is 8.14. The molecule has 5 heteroatoms. The van der Waals surface area contributed by atoms with E-state index in [0.29, 0.717) is 6.04 Å². The monoisotopic (exact) mass is 371 g/mol. The molecule has 1 heterocycles. The summed E-state index contributed by atoms with van der Waals surface area (Å²) in [6, 6.07) is 10.2. The summed E-state index contributed by atoms with van der Waals surface area (Å²) in [4.78, 5) is 9.45. The maximum atomic E-state index is 4.44. The van der Waals surface area contributed by atoms with Crippen molar-refractivity contribution >= 4 is 5.96 Å². The van der Waals surface area contributed by atoms with Gasteiger partial charge in [-0.25, -0.2) is 0 Å². The minimum Gasteiger partial charge on any atom is -0.352 e. The number of guanidine groups is 1. The predicted molar refractivity (Wildman–Crippen MR) is 114 cm³/mol. The molecule has 2 N–H and O–H groups in total. The third-order valence-corrected chi connectivity index (χ3v) is 6.07. The van der Waals surface area contributed by atoms with Crippen LogP contribution in [0.1, 0.15) is 50.2 Å². The van der Waals surface area contributed by atoms with Gasteiger partial charge in [0.25, 0.3) is 0 Å². The molecule has 3 rings (SSSR count). The van der Waals surface area contributed by atoms with Gasteiger partial charge >= 0.3 is 0 Å². The first kappa shape index (κ1) is 20.2. The van der Waals surface area contributed by atoms with Crippen LogP contribution in [0.2, 0.25) is 0 Å². The summed E-state index contributed by atoms with van der Waals surface area (Å²) in [6.07, 6.45) is 6.83. The van der Waals surface area contributed by atoms with Crippen LogP contribution in [0.5, 0.6) is 0 Å². The molecule has 1 unspecified atom stereocenters. The fraction of sp³-hybridized carbons (Fsp3) is 0.682. The van der Waals surface area contributed by atoms with Gasteiger partial charge in [-0.3, -0.25) is 9.89 Å². The van der Waals surface area contributed by atoms with E-state index in [0.717, 1.165) is 38.2 Å². The average Bonchev–Trinajstić information content (AvgIpc) is 3.37. The third-order valence-electron chi connectivity index (χ3n) is 6.07. The van der Waals surface area contributed by atoms with E-state index < -0.39 is 0 Å². The van der Waals surface area contributed by atoms with Crippen molar-refractivity contribution in [3.05, 3.63) is 35.4 Å². The molecule has 1 aromatic rings. The molecule has 27 heavy (non-hydrogen) atoms. The van der Waals surface area contributed by atoms with E-state index >= 15 is 0 Å². The lowest BCUT2D eigenvalue weighted by atomic mass is 10.1. The molecule has 0 bridgehead atoms. The van der Waals surface area contributed by atoms with Crippen LogP contribution in [-0.2, 0) is 13.1 Å². The Labute approximate surface area is 165 Å². The molecule has 1 saturated heterocycles. The van der Waals surface area contributed by atoms with Crippen LogP contribution < -0.4 is 10.6 Å². The van der Waals surface area contributed by atoms with Crippen LogP contribution >= 0.6 is 0 Å². The maximum absolute atomic E-state index is 4.44. The molecular weight excluding hydrogens is 334 g/mol. The summed E-state index contributed by atoms with van der Waals surface area (Å²) in [5.41, 5.74) is 2.67. The van der Waals surface area contributed by atoms with Crippen LogP contribution in [0.3, 0.4) is 0 Å². The SMILES string of the molecule is CCN(C)Cc1cccc(CNC(=NC)NC2CCN(C3CCCC3)C2)c1. The third kappa shape index (κ3) is 5.94.